The minimum atomic E-state index is 0.341. The lowest BCUT2D eigenvalue weighted by Gasteiger charge is -2.22. The van der Waals surface area contributed by atoms with Crippen molar-refractivity contribution in [2.45, 2.75) is 38.8 Å². The Balaban J connectivity index is 1.74. The van der Waals surface area contributed by atoms with Gasteiger partial charge in [0, 0.05) is 12.6 Å². The Hall–Kier alpha value is -1.33. The summed E-state index contributed by atoms with van der Waals surface area (Å²) in [6.45, 7) is 4.11. The molecular formula is C17H21BrN2O2. The van der Waals surface area contributed by atoms with Crippen molar-refractivity contribution in [2.24, 2.45) is 0 Å². The zero-order chi connectivity index (χ0) is 15.5. The van der Waals surface area contributed by atoms with E-state index in [4.69, 9.17) is 9.26 Å². The molecule has 1 aromatic carbocycles. The third-order valence-electron chi connectivity index (χ3n) is 4.23. The van der Waals surface area contributed by atoms with Gasteiger partial charge in [-0.1, -0.05) is 18.1 Å². The molecule has 1 atom stereocenters. The predicted octanol–water partition coefficient (Wildman–Crippen LogP) is 4.35. The quantitative estimate of drug-likeness (QED) is 0.790. The van der Waals surface area contributed by atoms with Gasteiger partial charge in [-0.3, -0.25) is 4.90 Å². The van der Waals surface area contributed by atoms with Crippen molar-refractivity contribution in [3.8, 4) is 5.75 Å². The maximum Gasteiger partial charge on any atom is 0.154 e. The van der Waals surface area contributed by atoms with Gasteiger partial charge in [0.15, 0.2) is 5.76 Å². The van der Waals surface area contributed by atoms with E-state index in [9.17, 15) is 0 Å². The van der Waals surface area contributed by atoms with E-state index in [1.165, 1.54) is 12.0 Å². The highest BCUT2D eigenvalue weighted by atomic mass is 79.9. The van der Waals surface area contributed by atoms with Crippen LogP contribution < -0.4 is 4.74 Å². The molecule has 0 bridgehead atoms. The summed E-state index contributed by atoms with van der Waals surface area (Å²) in [6.07, 6.45) is 3.25. The van der Waals surface area contributed by atoms with E-state index in [2.05, 4.69) is 51.1 Å². The van der Waals surface area contributed by atoms with Gasteiger partial charge in [-0.05, 0) is 59.4 Å². The summed E-state index contributed by atoms with van der Waals surface area (Å²) in [5, 5.41) is 4.13. The number of methoxy groups -OCH3 is 1. The second-order valence-corrected chi connectivity index (χ2v) is 6.53. The maximum absolute atomic E-state index is 5.55. The summed E-state index contributed by atoms with van der Waals surface area (Å²) >= 11 is 3.56. The van der Waals surface area contributed by atoms with E-state index < -0.39 is 0 Å². The van der Waals surface area contributed by atoms with Crippen molar-refractivity contribution in [3.05, 3.63) is 45.8 Å². The average molecular weight is 365 g/mol. The Bertz CT molecular complexity index is 641. The largest absolute Gasteiger partial charge is 0.496 e. The van der Waals surface area contributed by atoms with Gasteiger partial charge >= 0.3 is 0 Å². The van der Waals surface area contributed by atoms with Gasteiger partial charge in [-0.2, -0.15) is 0 Å². The molecule has 22 heavy (non-hydrogen) atoms. The molecule has 118 valence electrons. The highest BCUT2D eigenvalue weighted by Crippen LogP contribution is 2.34. The van der Waals surface area contributed by atoms with E-state index >= 15 is 0 Å². The molecule has 1 fully saturated rings. The third-order valence-corrected chi connectivity index (χ3v) is 4.85. The lowest BCUT2D eigenvalue weighted by molar-refractivity contribution is 0.206. The molecule has 0 amide bonds. The topological polar surface area (TPSA) is 38.5 Å². The molecule has 3 rings (SSSR count). The molecule has 0 unspecified atom stereocenters. The average Bonchev–Trinajstić information content (AvgIpc) is 3.15. The van der Waals surface area contributed by atoms with E-state index in [0.717, 1.165) is 47.6 Å². The number of hydrogen-bond acceptors (Lipinski definition) is 4. The second kappa shape index (κ2) is 6.84. The summed E-state index contributed by atoms with van der Waals surface area (Å²) in [5.41, 5.74) is 2.31. The number of rotatable bonds is 5. The number of hydrogen-bond donors (Lipinski definition) is 0. The van der Waals surface area contributed by atoms with Gasteiger partial charge in [0.05, 0.1) is 23.3 Å². The minimum absolute atomic E-state index is 0.341. The molecule has 0 N–H and O–H groups in total. The highest BCUT2D eigenvalue weighted by molar-refractivity contribution is 9.10. The van der Waals surface area contributed by atoms with Crippen molar-refractivity contribution < 1.29 is 9.26 Å². The molecule has 0 spiro atoms. The first-order valence-electron chi connectivity index (χ1n) is 7.73. The second-order valence-electron chi connectivity index (χ2n) is 5.67. The van der Waals surface area contributed by atoms with Crippen LogP contribution in [0, 0.1) is 0 Å². The molecule has 0 aliphatic carbocycles. The highest BCUT2D eigenvalue weighted by Gasteiger charge is 2.29. The fourth-order valence-corrected chi connectivity index (χ4v) is 3.62. The van der Waals surface area contributed by atoms with Crippen molar-refractivity contribution in [2.75, 3.05) is 13.7 Å². The first-order valence-corrected chi connectivity index (χ1v) is 8.52. The number of nitrogens with zero attached hydrogens (tertiary/aromatic N) is 2. The summed E-state index contributed by atoms with van der Waals surface area (Å²) in [5.74, 6) is 1.87. The van der Waals surface area contributed by atoms with Crippen LogP contribution in [0.15, 0.2) is 33.3 Å². The summed E-state index contributed by atoms with van der Waals surface area (Å²) in [7, 11) is 1.69. The predicted molar refractivity (Wildman–Crippen MR) is 89.0 cm³/mol. The zero-order valence-corrected chi connectivity index (χ0v) is 14.6. The van der Waals surface area contributed by atoms with Crippen LogP contribution in [-0.2, 0) is 13.0 Å². The molecule has 1 saturated heterocycles. The van der Waals surface area contributed by atoms with Crippen molar-refractivity contribution >= 4 is 15.9 Å². The molecule has 2 aromatic rings. The van der Waals surface area contributed by atoms with Gasteiger partial charge in [0.2, 0.25) is 0 Å². The fraction of sp³-hybridized carbons (Fsp3) is 0.471. The molecular weight excluding hydrogens is 344 g/mol. The first-order chi connectivity index (χ1) is 10.7. The smallest absolute Gasteiger partial charge is 0.154 e. The van der Waals surface area contributed by atoms with Crippen LogP contribution in [0.4, 0.5) is 0 Å². The van der Waals surface area contributed by atoms with Gasteiger partial charge in [0.25, 0.3) is 0 Å². The van der Waals surface area contributed by atoms with Crippen LogP contribution in [0.1, 0.15) is 42.8 Å². The monoisotopic (exact) mass is 364 g/mol. The van der Waals surface area contributed by atoms with Crippen LogP contribution in [0.3, 0.4) is 0 Å². The van der Waals surface area contributed by atoms with Crippen LogP contribution in [0.2, 0.25) is 0 Å². The van der Waals surface area contributed by atoms with E-state index in [1.54, 1.807) is 7.11 Å². The first kappa shape index (κ1) is 15.6. The zero-order valence-electron chi connectivity index (χ0n) is 13.0. The Kier molecular flexibility index (Phi) is 4.84. The van der Waals surface area contributed by atoms with Crippen molar-refractivity contribution in [1.29, 1.82) is 0 Å². The Morgan fingerprint density at radius 3 is 2.95 bits per heavy atom. The standard InChI is InChI=1S/C17H21BrN2O2/c1-3-13-10-17(22-19-13)15-5-4-8-20(15)11-12-6-7-16(21-2)14(18)9-12/h6-7,9-10,15H,3-5,8,11H2,1-2H3/t15-/m0/s1. The molecule has 0 radical (unpaired) electrons. The molecule has 5 heteroatoms. The van der Waals surface area contributed by atoms with Gasteiger partial charge in [-0.15, -0.1) is 0 Å². The van der Waals surface area contributed by atoms with Gasteiger partial charge in [-0.25, -0.2) is 0 Å². The Morgan fingerprint density at radius 2 is 2.27 bits per heavy atom. The summed E-state index contributed by atoms with van der Waals surface area (Å²) in [6, 6.07) is 8.71. The molecule has 1 aromatic heterocycles. The Morgan fingerprint density at radius 1 is 1.41 bits per heavy atom. The minimum Gasteiger partial charge on any atom is -0.496 e. The lowest BCUT2D eigenvalue weighted by Crippen LogP contribution is -2.22. The molecule has 4 nitrogen and oxygen atoms in total. The number of halogens is 1. The molecule has 2 heterocycles. The number of benzene rings is 1. The molecule has 0 saturated carbocycles. The number of aromatic nitrogens is 1. The van der Waals surface area contributed by atoms with Crippen LogP contribution >= 0.6 is 15.9 Å². The maximum atomic E-state index is 5.55. The van der Waals surface area contributed by atoms with E-state index in [1.807, 2.05) is 6.07 Å². The van der Waals surface area contributed by atoms with E-state index in [0.29, 0.717) is 6.04 Å². The van der Waals surface area contributed by atoms with Crippen LogP contribution in [0.25, 0.3) is 0 Å². The number of aryl methyl sites for hydroxylation is 1. The van der Waals surface area contributed by atoms with Crippen molar-refractivity contribution in [3.63, 3.8) is 0 Å². The van der Waals surface area contributed by atoms with Gasteiger partial charge in [0.1, 0.15) is 5.75 Å². The fourth-order valence-electron chi connectivity index (χ4n) is 3.03. The molecule has 1 aliphatic rings. The van der Waals surface area contributed by atoms with Gasteiger partial charge < -0.3 is 9.26 Å². The normalized spacial score (nSPS) is 18.8. The lowest BCUT2D eigenvalue weighted by atomic mass is 10.1. The Labute approximate surface area is 139 Å². The van der Waals surface area contributed by atoms with Crippen LogP contribution in [-0.4, -0.2) is 23.7 Å². The van der Waals surface area contributed by atoms with Crippen LogP contribution in [0.5, 0.6) is 5.75 Å². The molecule has 1 aliphatic heterocycles. The third kappa shape index (κ3) is 3.20. The SMILES string of the molecule is CCc1cc([C@@H]2CCCN2Cc2ccc(OC)c(Br)c2)on1. The van der Waals surface area contributed by atoms with E-state index in [-0.39, 0.29) is 0 Å². The number of ether oxygens (including phenoxy) is 1. The van der Waals surface area contributed by atoms with Crippen molar-refractivity contribution in [1.82, 2.24) is 10.1 Å². The summed E-state index contributed by atoms with van der Waals surface area (Å²) in [4.78, 5) is 2.47. The summed E-state index contributed by atoms with van der Waals surface area (Å²) < 4.78 is 11.8. The number of likely N-dealkylation sites (tertiary alicyclic amines) is 1.